The van der Waals surface area contributed by atoms with E-state index >= 15 is 0 Å². The van der Waals surface area contributed by atoms with E-state index in [1.165, 1.54) is 94.6 Å². The molecule has 4 heteroatoms. The fourth-order valence-electron chi connectivity index (χ4n) is 6.14. The van der Waals surface area contributed by atoms with Gasteiger partial charge >= 0.3 is 0 Å². The average molecular weight is 587 g/mol. The monoisotopic (exact) mass is 586 g/mol. The number of anilines is 1. The first-order valence-electron chi connectivity index (χ1n) is 17.2. The van der Waals surface area contributed by atoms with Crippen molar-refractivity contribution in [1.82, 2.24) is 0 Å². The zero-order valence-electron chi connectivity index (χ0n) is 27.7. The summed E-state index contributed by atoms with van der Waals surface area (Å²) < 4.78 is 6.00. The summed E-state index contributed by atoms with van der Waals surface area (Å²) in [4.78, 5) is 18.9. The van der Waals surface area contributed by atoms with Gasteiger partial charge in [-0.2, -0.15) is 0 Å². The largest absolute Gasteiger partial charge is 0.494 e. The number of unbranched alkanes of at least 4 members (excludes halogenated alkanes) is 13. The van der Waals surface area contributed by atoms with E-state index in [1.54, 1.807) is 6.92 Å². The Morgan fingerprint density at radius 3 is 1.86 bits per heavy atom. The summed E-state index contributed by atoms with van der Waals surface area (Å²) in [6.07, 6.45) is 24.3. The molecule has 0 saturated heterocycles. The summed E-state index contributed by atoms with van der Waals surface area (Å²) in [6, 6.07) is 16.6. The van der Waals surface area contributed by atoms with Gasteiger partial charge in [0.1, 0.15) is 5.75 Å². The van der Waals surface area contributed by atoms with E-state index in [-0.39, 0.29) is 11.3 Å². The van der Waals surface area contributed by atoms with Gasteiger partial charge in [0.25, 0.3) is 0 Å². The molecule has 0 radical (unpaired) electrons. The van der Waals surface area contributed by atoms with Gasteiger partial charge in [-0.05, 0) is 60.7 Å². The number of allylic oxidation sites excluding steroid dienone is 1. The third-order valence-electron chi connectivity index (χ3n) is 8.59. The lowest BCUT2D eigenvalue weighted by Crippen LogP contribution is -2.28. The normalized spacial score (nSPS) is 16.2. The van der Waals surface area contributed by atoms with Crippen molar-refractivity contribution in [2.24, 2.45) is 10.4 Å². The second kappa shape index (κ2) is 19.4. The highest BCUT2D eigenvalue weighted by molar-refractivity contribution is 5.91. The molecule has 1 aliphatic rings. The molecule has 2 aromatic carbocycles. The number of nitrogens with zero attached hydrogens (tertiary/aromatic N) is 2. The van der Waals surface area contributed by atoms with Crippen LogP contribution in [-0.4, -0.2) is 25.3 Å². The molecule has 1 amide bonds. The molecule has 1 heterocycles. The molecule has 0 bridgehead atoms. The molecule has 1 aliphatic heterocycles. The minimum absolute atomic E-state index is 0.0385. The van der Waals surface area contributed by atoms with Gasteiger partial charge in [0.2, 0.25) is 5.91 Å². The predicted molar refractivity (Wildman–Crippen MR) is 184 cm³/mol. The highest BCUT2D eigenvalue weighted by Crippen LogP contribution is 2.30. The number of aliphatic imine (C=N–C) groups is 1. The van der Waals surface area contributed by atoms with Crippen LogP contribution in [-0.2, 0) is 17.8 Å². The van der Waals surface area contributed by atoms with E-state index in [1.807, 2.05) is 23.2 Å². The van der Waals surface area contributed by atoms with E-state index in [9.17, 15) is 4.79 Å². The van der Waals surface area contributed by atoms with Crippen molar-refractivity contribution in [2.45, 2.75) is 131 Å². The van der Waals surface area contributed by atoms with Crippen LogP contribution in [0.1, 0.15) is 129 Å². The van der Waals surface area contributed by atoms with Crippen molar-refractivity contribution in [3.05, 3.63) is 71.3 Å². The van der Waals surface area contributed by atoms with Gasteiger partial charge in [0.15, 0.2) is 0 Å². The van der Waals surface area contributed by atoms with Crippen LogP contribution in [0.5, 0.6) is 5.75 Å². The van der Waals surface area contributed by atoms with Gasteiger partial charge in [-0.3, -0.25) is 9.79 Å². The lowest BCUT2D eigenvalue weighted by Gasteiger charge is -2.28. The van der Waals surface area contributed by atoms with Gasteiger partial charge < -0.3 is 9.64 Å². The standard InChI is InChI=1S/C39H58N2O2/c1-5-6-7-8-9-10-11-12-13-14-15-16-17-18-27-43-38-25-21-36(22-26-38)31-41(34(3)42)37-23-19-35(20-24-37)29-39(4)28-33(2)30-40-32-39/h19-26,28,30H,5-18,27,29,31-32H2,1-4H3. The Kier molecular flexibility index (Phi) is 15.6. The smallest absolute Gasteiger partial charge is 0.224 e. The fourth-order valence-corrected chi connectivity index (χ4v) is 6.14. The lowest BCUT2D eigenvalue weighted by molar-refractivity contribution is -0.116. The topological polar surface area (TPSA) is 41.9 Å². The lowest BCUT2D eigenvalue weighted by atomic mass is 9.81. The molecule has 0 aromatic heterocycles. The minimum Gasteiger partial charge on any atom is -0.494 e. The van der Waals surface area contributed by atoms with E-state index in [0.717, 1.165) is 43.0 Å². The van der Waals surface area contributed by atoms with Crippen molar-refractivity contribution in [3.63, 3.8) is 0 Å². The number of hydrogen-bond donors (Lipinski definition) is 0. The van der Waals surface area contributed by atoms with E-state index in [4.69, 9.17) is 4.74 Å². The number of carbonyl (C=O) groups is 1. The van der Waals surface area contributed by atoms with Crippen LogP contribution in [0.25, 0.3) is 0 Å². The highest BCUT2D eigenvalue weighted by Gasteiger charge is 2.24. The predicted octanol–water partition coefficient (Wildman–Crippen LogP) is 10.7. The minimum atomic E-state index is 0.0385. The Labute approximate surface area is 263 Å². The van der Waals surface area contributed by atoms with Crippen LogP contribution in [0, 0.1) is 5.41 Å². The van der Waals surface area contributed by atoms with Crippen molar-refractivity contribution in [2.75, 3.05) is 18.1 Å². The molecule has 0 aliphatic carbocycles. The second-order valence-electron chi connectivity index (χ2n) is 13.0. The molecule has 0 N–H and O–H groups in total. The van der Waals surface area contributed by atoms with Gasteiger partial charge in [-0.1, -0.05) is 128 Å². The number of hydrogen-bond acceptors (Lipinski definition) is 3. The first-order valence-corrected chi connectivity index (χ1v) is 17.2. The van der Waals surface area contributed by atoms with Crippen LogP contribution in [0.15, 0.2) is 65.2 Å². The maximum absolute atomic E-state index is 12.6. The Morgan fingerprint density at radius 2 is 1.33 bits per heavy atom. The number of ether oxygens (including phenoxy) is 1. The Morgan fingerprint density at radius 1 is 0.791 bits per heavy atom. The maximum Gasteiger partial charge on any atom is 0.224 e. The number of amides is 1. The third kappa shape index (κ3) is 13.5. The third-order valence-corrected chi connectivity index (χ3v) is 8.59. The number of rotatable bonds is 21. The molecule has 43 heavy (non-hydrogen) atoms. The van der Waals surface area contributed by atoms with Crippen LogP contribution < -0.4 is 9.64 Å². The molecule has 0 fully saturated rings. The summed E-state index contributed by atoms with van der Waals surface area (Å²) in [5, 5.41) is 0. The summed E-state index contributed by atoms with van der Waals surface area (Å²) in [5.74, 6) is 0.944. The first kappa shape index (κ1) is 34.6. The molecule has 236 valence electrons. The molecule has 2 aromatic rings. The van der Waals surface area contributed by atoms with E-state index in [2.05, 4.69) is 68.2 Å². The number of dihydropyridines is 1. The summed E-state index contributed by atoms with van der Waals surface area (Å²) in [6.45, 7) is 10.4. The SMILES string of the molecule is CCCCCCCCCCCCCCCCOc1ccc(CN(C(C)=O)c2ccc(CC3(C)C=C(C)C=NC3)cc2)cc1. The first-order chi connectivity index (χ1) is 20.9. The quantitative estimate of drug-likeness (QED) is 0.137. The zero-order valence-corrected chi connectivity index (χ0v) is 27.7. The van der Waals surface area contributed by atoms with Crippen molar-refractivity contribution < 1.29 is 9.53 Å². The summed E-state index contributed by atoms with van der Waals surface area (Å²) >= 11 is 0. The fraction of sp³-hybridized carbons (Fsp3) is 0.590. The molecule has 1 atom stereocenters. The Bertz CT molecular complexity index is 1120. The number of carbonyl (C=O) groups excluding carboxylic acids is 1. The molecule has 0 spiro atoms. The summed E-state index contributed by atoms with van der Waals surface area (Å²) in [5.41, 5.74) is 4.54. The number of benzene rings is 2. The molecule has 1 unspecified atom stereocenters. The van der Waals surface area contributed by atoms with E-state index < -0.39 is 0 Å². The van der Waals surface area contributed by atoms with Gasteiger partial charge in [-0.25, -0.2) is 0 Å². The van der Waals surface area contributed by atoms with Crippen LogP contribution in [0.2, 0.25) is 0 Å². The Hall–Kier alpha value is -2.88. The molecule has 3 rings (SSSR count). The summed E-state index contributed by atoms with van der Waals surface area (Å²) in [7, 11) is 0. The van der Waals surface area contributed by atoms with Gasteiger partial charge in [-0.15, -0.1) is 0 Å². The highest BCUT2D eigenvalue weighted by atomic mass is 16.5. The van der Waals surface area contributed by atoms with Crippen LogP contribution >= 0.6 is 0 Å². The van der Waals surface area contributed by atoms with Crippen LogP contribution in [0.4, 0.5) is 5.69 Å². The van der Waals surface area contributed by atoms with Crippen molar-refractivity contribution >= 4 is 17.8 Å². The average Bonchev–Trinajstić information content (AvgIpc) is 2.98. The Balaban J connectivity index is 1.31. The molecular weight excluding hydrogens is 528 g/mol. The zero-order chi connectivity index (χ0) is 30.8. The van der Waals surface area contributed by atoms with Gasteiger partial charge in [0.05, 0.1) is 13.2 Å². The van der Waals surface area contributed by atoms with Gasteiger partial charge in [0, 0.05) is 30.8 Å². The molecule has 0 saturated carbocycles. The van der Waals surface area contributed by atoms with Crippen molar-refractivity contribution in [3.8, 4) is 5.75 Å². The van der Waals surface area contributed by atoms with Crippen molar-refractivity contribution in [1.29, 1.82) is 0 Å². The maximum atomic E-state index is 12.6. The van der Waals surface area contributed by atoms with Crippen LogP contribution in [0.3, 0.4) is 0 Å². The molecular formula is C39H58N2O2. The molecule has 4 nitrogen and oxygen atoms in total. The van der Waals surface area contributed by atoms with E-state index in [0.29, 0.717) is 6.54 Å². The second-order valence-corrected chi connectivity index (χ2v) is 13.0.